The van der Waals surface area contributed by atoms with E-state index in [2.05, 4.69) is 15.9 Å². The predicted octanol–water partition coefficient (Wildman–Crippen LogP) is -0.128. The highest BCUT2D eigenvalue weighted by Crippen LogP contribution is 2.14. The van der Waals surface area contributed by atoms with E-state index in [1.807, 2.05) is 0 Å². The van der Waals surface area contributed by atoms with Gasteiger partial charge in [0.2, 0.25) is 0 Å². The van der Waals surface area contributed by atoms with Gasteiger partial charge in [-0.25, -0.2) is 0 Å². The molecule has 8 heteroatoms. The predicted molar refractivity (Wildman–Crippen MR) is 58.1 cm³/mol. The van der Waals surface area contributed by atoms with Crippen molar-refractivity contribution < 1.29 is 15.1 Å². The Balaban J connectivity index is 3.17. The molecule has 0 radical (unpaired) electrons. The Hall–Kier alpha value is -1.25. The first-order valence-electron chi connectivity index (χ1n) is 4.29. The summed E-state index contributed by atoms with van der Waals surface area (Å²) >= 11 is 2.90. The van der Waals surface area contributed by atoms with Crippen LogP contribution < -0.4 is 5.56 Å². The smallest absolute Gasteiger partial charge is 0.286 e. The van der Waals surface area contributed by atoms with Crippen LogP contribution in [0.2, 0.25) is 0 Å². The van der Waals surface area contributed by atoms with Gasteiger partial charge in [-0.3, -0.25) is 14.9 Å². The lowest BCUT2D eigenvalue weighted by molar-refractivity contribution is -0.385. The van der Waals surface area contributed by atoms with Crippen molar-refractivity contribution in [2.75, 3.05) is 6.61 Å². The Kier molecular flexibility index (Phi) is 4.16. The zero-order valence-corrected chi connectivity index (χ0v) is 9.62. The topological polar surface area (TPSA) is 106 Å². The van der Waals surface area contributed by atoms with E-state index >= 15 is 0 Å². The van der Waals surface area contributed by atoms with Crippen molar-refractivity contribution in [1.29, 1.82) is 0 Å². The fourth-order valence-corrected chi connectivity index (χ4v) is 1.57. The second-order valence-corrected chi connectivity index (χ2v) is 3.95. The maximum absolute atomic E-state index is 11.5. The molecular formula is C8H9BrN2O5. The minimum atomic E-state index is -1.13. The molecule has 16 heavy (non-hydrogen) atoms. The van der Waals surface area contributed by atoms with Gasteiger partial charge >= 0.3 is 0 Å². The minimum Gasteiger partial charge on any atom is -0.394 e. The Bertz CT molecular complexity index is 458. The van der Waals surface area contributed by atoms with Crippen LogP contribution in [0.1, 0.15) is 0 Å². The SMILES string of the molecule is O=c1c(Br)cc([N+](=O)[O-])cn1CC(O)CO. The standard InChI is InChI=1S/C8H9BrN2O5/c9-7-1-5(11(15)16)2-10(8(7)14)3-6(13)4-12/h1-2,6,12-13H,3-4H2. The van der Waals surface area contributed by atoms with Gasteiger partial charge in [0.1, 0.15) is 0 Å². The molecule has 1 unspecified atom stereocenters. The summed E-state index contributed by atoms with van der Waals surface area (Å²) < 4.78 is 1.01. The first-order chi connectivity index (χ1) is 7.45. The molecule has 1 heterocycles. The average molecular weight is 293 g/mol. The number of aromatic nitrogens is 1. The van der Waals surface area contributed by atoms with E-state index in [0.29, 0.717) is 0 Å². The van der Waals surface area contributed by atoms with Gasteiger partial charge in [0.05, 0.1) is 34.8 Å². The number of nitrogens with zero attached hydrogens (tertiary/aromatic N) is 2. The van der Waals surface area contributed by atoms with E-state index in [4.69, 9.17) is 10.2 Å². The fourth-order valence-electron chi connectivity index (χ4n) is 1.10. The first kappa shape index (κ1) is 12.8. The highest BCUT2D eigenvalue weighted by atomic mass is 79.9. The van der Waals surface area contributed by atoms with Crippen LogP contribution in [-0.2, 0) is 6.54 Å². The molecular weight excluding hydrogens is 284 g/mol. The van der Waals surface area contributed by atoms with Crippen molar-refractivity contribution in [1.82, 2.24) is 4.57 Å². The average Bonchev–Trinajstić information content (AvgIpc) is 2.23. The Labute approximate surface area is 98.2 Å². The minimum absolute atomic E-state index is 0.0341. The largest absolute Gasteiger partial charge is 0.394 e. The van der Waals surface area contributed by atoms with Gasteiger partial charge in [0.25, 0.3) is 11.2 Å². The van der Waals surface area contributed by atoms with Gasteiger partial charge in [-0.1, -0.05) is 0 Å². The number of halogens is 1. The third-order valence-corrected chi connectivity index (χ3v) is 2.43. The summed E-state index contributed by atoms with van der Waals surface area (Å²) in [5.74, 6) is 0. The third kappa shape index (κ3) is 2.87. The van der Waals surface area contributed by atoms with Crippen LogP contribution in [0, 0.1) is 10.1 Å². The van der Waals surface area contributed by atoms with E-state index in [-0.39, 0.29) is 16.7 Å². The van der Waals surface area contributed by atoms with E-state index in [1.165, 1.54) is 0 Å². The van der Waals surface area contributed by atoms with Crippen molar-refractivity contribution in [2.45, 2.75) is 12.6 Å². The number of hydrogen-bond acceptors (Lipinski definition) is 5. The summed E-state index contributed by atoms with van der Waals surface area (Å²) in [5, 5.41) is 28.3. The Morgan fingerprint density at radius 3 is 2.75 bits per heavy atom. The van der Waals surface area contributed by atoms with Crippen LogP contribution in [0.3, 0.4) is 0 Å². The van der Waals surface area contributed by atoms with E-state index < -0.39 is 23.2 Å². The number of hydrogen-bond donors (Lipinski definition) is 2. The molecule has 0 bridgehead atoms. The quantitative estimate of drug-likeness (QED) is 0.594. The van der Waals surface area contributed by atoms with Gasteiger partial charge in [-0.2, -0.15) is 0 Å². The summed E-state index contributed by atoms with van der Waals surface area (Å²) in [6.45, 7) is -0.720. The summed E-state index contributed by atoms with van der Waals surface area (Å²) in [6.07, 6.45) is -0.113. The monoisotopic (exact) mass is 292 g/mol. The van der Waals surface area contributed by atoms with Crippen LogP contribution in [0.15, 0.2) is 21.5 Å². The van der Waals surface area contributed by atoms with Crippen molar-refractivity contribution in [2.24, 2.45) is 0 Å². The van der Waals surface area contributed by atoms with Crippen molar-refractivity contribution in [3.8, 4) is 0 Å². The summed E-state index contributed by atoms with van der Waals surface area (Å²) in [6, 6.07) is 1.09. The van der Waals surface area contributed by atoms with Crippen molar-refractivity contribution in [3.63, 3.8) is 0 Å². The van der Waals surface area contributed by atoms with Crippen LogP contribution in [0.25, 0.3) is 0 Å². The number of aliphatic hydroxyl groups is 2. The maximum atomic E-state index is 11.5. The number of nitro groups is 1. The number of pyridine rings is 1. The molecule has 0 saturated carbocycles. The molecule has 0 saturated heterocycles. The molecule has 0 aliphatic carbocycles. The Morgan fingerprint density at radius 2 is 2.25 bits per heavy atom. The summed E-state index contributed by atoms with van der Waals surface area (Å²) in [7, 11) is 0. The molecule has 1 rings (SSSR count). The molecule has 0 amide bonds. The molecule has 0 aliphatic heterocycles. The number of aliphatic hydroxyl groups excluding tert-OH is 2. The lowest BCUT2D eigenvalue weighted by Crippen LogP contribution is -2.28. The molecule has 88 valence electrons. The molecule has 1 aromatic heterocycles. The highest BCUT2D eigenvalue weighted by Gasteiger charge is 2.14. The van der Waals surface area contributed by atoms with E-state index in [0.717, 1.165) is 16.8 Å². The zero-order valence-electron chi connectivity index (χ0n) is 8.04. The fraction of sp³-hybridized carbons (Fsp3) is 0.375. The van der Waals surface area contributed by atoms with Gasteiger partial charge in [0, 0.05) is 6.07 Å². The number of rotatable bonds is 4. The second kappa shape index (κ2) is 5.19. The van der Waals surface area contributed by atoms with Gasteiger partial charge < -0.3 is 14.8 Å². The van der Waals surface area contributed by atoms with Gasteiger partial charge in [-0.15, -0.1) is 0 Å². The maximum Gasteiger partial charge on any atom is 0.286 e. The van der Waals surface area contributed by atoms with E-state index in [9.17, 15) is 14.9 Å². The molecule has 0 aliphatic rings. The van der Waals surface area contributed by atoms with Crippen molar-refractivity contribution in [3.05, 3.63) is 37.2 Å². The summed E-state index contributed by atoms with van der Waals surface area (Å²) in [4.78, 5) is 21.4. The second-order valence-electron chi connectivity index (χ2n) is 3.10. The van der Waals surface area contributed by atoms with Crippen LogP contribution in [0.5, 0.6) is 0 Å². The molecule has 1 aromatic rings. The van der Waals surface area contributed by atoms with Crippen molar-refractivity contribution >= 4 is 21.6 Å². The van der Waals surface area contributed by atoms with E-state index in [1.54, 1.807) is 0 Å². The Morgan fingerprint density at radius 1 is 1.62 bits per heavy atom. The van der Waals surface area contributed by atoms with Crippen LogP contribution in [-0.4, -0.2) is 32.4 Å². The molecule has 7 nitrogen and oxygen atoms in total. The third-order valence-electron chi connectivity index (χ3n) is 1.86. The van der Waals surface area contributed by atoms with Crippen LogP contribution >= 0.6 is 15.9 Å². The molecule has 0 spiro atoms. The lowest BCUT2D eigenvalue weighted by Gasteiger charge is -2.09. The van der Waals surface area contributed by atoms with Crippen LogP contribution in [0.4, 0.5) is 5.69 Å². The molecule has 0 fully saturated rings. The van der Waals surface area contributed by atoms with Gasteiger partial charge in [-0.05, 0) is 15.9 Å². The zero-order chi connectivity index (χ0) is 12.3. The normalized spacial score (nSPS) is 12.4. The summed E-state index contributed by atoms with van der Waals surface area (Å²) in [5.41, 5.74) is -0.769. The molecule has 0 aromatic carbocycles. The first-order valence-corrected chi connectivity index (χ1v) is 5.08. The highest BCUT2D eigenvalue weighted by molar-refractivity contribution is 9.10. The molecule has 2 N–H and O–H groups in total. The lowest BCUT2D eigenvalue weighted by atomic mass is 10.3. The van der Waals surface area contributed by atoms with Gasteiger partial charge in [0.15, 0.2) is 0 Å². The molecule has 1 atom stereocenters.